The Kier molecular flexibility index (Phi) is 7.57. The maximum atomic E-state index is 10.5. The quantitative estimate of drug-likeness (QED) is 0.281. The van der Waals surface area contributed by atoms with Gasteiger partial charge in [0.25, 0.3) is 0 Å². The Bertz CT molecular complexity index is 141. The van der Waals surface area contributed by atoms with Crippen LogP contribution in [0.1, 0.15) is 25.7 Å². The van der Waals surface area contributed by atoms with Gasteiger partial charge in [0.1, 0.15) is 6.61 Å². The summed E-state index contributed by atoms with van der Waals surface area (Å²) < 4.78 is 4.64. The third kappa shape index (κ3) is 7.70. The molecule has 0 bridgehead atoms. The highest BCUT2D eigenvalue weighted by Crippen LogP contribution is 2.02. The van der Waals surface area contributed by atoms with Crippen molar-refractivity contribution in [1.29, 1.82) is 0 Å². The Morgan fingerprint density at radius 1 is 1.38 bits per heavy atom. The SMILES string of the molecule is NCCCCCC(N)OC(=O)CO. The highest BCUT2D eigenvalue weighted by atomic mass is 16.6. The predicted octanol–water partition coefficient (Wildman–Crippen LogP) is -0.674. The zero-order valence-electron chi connectivity index (χ0n) is 7.74. The van der Waals surface area contributed by atoms with Crippen molar-refractivity contribution in [3.8, 4) is 0 Å². The molecule has 0 fully saturated rings. The number of carbonyl (C=O) groups is 1. The van der Waals surface area contributed by atoms with Crippen molar-refractivity contribution >= 4 is 5.97 Å². The van der Waals surface area contributed by atoms with Crippen LogP contribution in [0.4, 0.5) is 0 Å². The topological polar surface area (TPSA) is 98.6 Å². The van der Waals surface area contributed by atoms with Gasteiger partial charge in [0.05, 0.1) is 0 Å². The highest BCUT2D eigenvalue weighted by Gasteiger charge is 2.07. The lowest BCUT2D eigenvalue weighted by Crippen LogP contribution is -2.28. The van der Waals surface area contributed by atoms with Crippen LogP contribution >= 0.6 is 0 Å². The van der Waals surface area contributed by atoms with Crippen molar-refractivity contribution < 1.29 is 14.6 Å². The summed E-state index contributed by atoms with van der Waals surface area (Å²) in [6.45, 7) is 0.0577. The molecule has 0 aliphatic rings. The highest BCUT2D eigenvalue weighted by molar-refractivity contribution is 5.70. The van der Waals surface area contributed by atoms with Gasteiger partial charge in [0, 0.05) is 0 Å². The van der Waals surface area contributed by atoms with Gasteiger partial charge in [-0.1, -0.05) is 6.42 Å². The molecule has 0 saturated heterocycles. The lowest BCUT2D eigenvalue weighted by molar-refractivity contribution is -0.152. The van der Waals surface area contributed by atoms with Gasteiger partial charge in [-0.05, 0) is 25.8 Å². The van der Waals surface area contributed by atoms with E-state index in [-0.39, 0.29) is 0 Å². The monoisotopic (exact) mass is 190 g/mol. The third-order valence-electron chi connectivity index (χ3n) is 1.60. The first-order valence-corrected chi connectivity index (χ1v) is 4.46. The summed E-state index contributed by atoms with van der Waals surface area (Å²) >= 11 is 0. The van der Waals surface area contributed by atoms with Gasteiger partial charge >= 0.3 is 5.97 Å². The van der Waals surface area contributed by atoms with E-state index in [4.69, 9.17) is 16.6 Å². The summed E-state index contributed by atoms with van der Waals surface area (Å²) in [7, 11) is 0. The van der Waals surface area contributed by atoms with E-state index in [0.717, 1.165) is 19.3 Å². The number of esters is 1. The van der Waals surface area contributed by atoms with Crippen molar-refractivity contribution in [1.82, 2.24) is 0 Å². The van der Waals surface area contributed by atoms with E-state index in [1.165, 1.54) is 0 Å². The van der Waals surface area contributed by atoms with Crippen LogP contribution in [0.15, 0.2) is 0 Å². The molecule has 0 rings (SSSR count). The normalized spacial score (nSPS) is 12.5. The Labute approximate surface area is 78.0 Å². The maximum absolute atomic E-state index is 10.5. The molecule has 0 aliphatic carbocycles. The number of rotatable bonds is 7. The molecule has 0 spiro atoms. The average molecular weight is 190 g/mol. The number of hydrogen-bond acceptors (Lipinski definition) is 5. The molecule has 13 heavy (non-hydrogen) atoms. The summed E-state index contributed by atoms with van der Waals surface area (Å²) in [6, 6.07) is 0. The van der Waals surface area contributed by atoms with E-state index < -0.39 is 18.8 Å². The largest absolute Gasteiger partial charge is 0.445 e. The number of aliphatic hydroxyl groups is 1. The fourth-order valence-corrected chi connectivity index (χ4v) is 0.932. The minimum Gasteiger partial charge on any atom is -0.445 e. The maximum Gasteiger partial charge on any atom is 0.333 e. The predicted molar refractivity (Wildman–Crippen MR) is 48.7 cm³/mol. The molecule has 1 atom stereocenters. The average Bonchev–Trinajstić information content (AvgIpc) is 2.12. The summed E-state index contributed by atoms with van der Waals surface area (Å²) in [5, 5.41) is 8.35. The van der Waals surface area contributed by atoms with Crippen LogP contribution in [0.3, 0.4) is 0 Å². The molecule has 0 saturated carbocycles. The van der Waals surface area contributed by atoms with Crippen LogP contribution in [0.5, 0.6) is 0 Å². The van der Waals surface area contributed by atoms with Crippen molar-refractivity contribution in [2.45, 2.75) is 31.9 Å². The van der Waals surface area contributed by atoms with E-state index in [0.29, 0.717) is 13.0 Å². The Morgan fingerprint density at radius 3 is 2.62 bits per heavy atom. The van der Waals surface area contributed by atoms with Gasteiger partial charge in [0.15, 0.2) is 6.23 Å². The molecule has 0 aromatic heterocycles. The minimum absolute atomic E-state index is 0.600. The van der Waals surface area contributed by atoms with Gasteiger partial charge in [0.2, 0.25) is 0 Å². The van der Waals surface area contributed by atoms with Crippen LogP contribution < -0.4 is 11.5 Å². The smallest absolute Gasteiger partial charge is 0.333 e. The Balaban J connectivity index is 3.29. The lowest BCUT2D eigenvalue weighted by atomic mass is 10.2. The standard InChI is InChI=1S/C8H18N2O3/c9-5-3-1-2-4-7(10)13-8(12)6-11/h7,11H,1-6,9-10H2. The number of hydrogen-bond donors (Lipinski definition) is 3. The van der Waals surface area contributed by atoms with Crippen molar-refractivity contribution in [3.63, 3.8) is 0 Å². The molecule has 5 N–H and O–H groups in total. The van der Waals surface area contributed by atoms with Crippen molar-refractivity contribution in [3.05, 3.63) is 0 Å². The van der Waals surface area contributed by atoms with Crippen LogP contribution in [0.2, 0.25) is 0 Å². The zero-order chi connectivity index (χ0) is 10.1. The van der Waals surface area contributed by atoms with Gasteiger partial charge in [-0.25, -0.2) is 4.79 Å². The summed E-state index contributed by atoms with van der Waals surface area (Å²) in [5.74, 6) is -0.675. The fraction of sp³-hybridized carbons (Fsp3) is 0.875. The molecule has 0 aromatic rings. The summed E-state index contributed by atoms with van der Waals surface area (Å²) in [4.78, 5) is 10.5. The third-order valence-corrected chi connectivity index (χ3v) is 1.60. The Hall–Kier alpha value is -0.650. The van der Waals surface area contributed by atoms with Crippen molar-refractivity contribution in [2.75, 3.05) is 13.2 Å². The molecule has 1 unspecified atom stereocenters. The van der Waals surface area contributed by atoms with Crippen molar-refractivity contribution in [2.24, 2.45) is 11.5 Å². The molecule has 5 nitrogen and oxygen atoms in total. The summed E-state index contributed by atoms with van der Waals surface area (Å²) in [6.07, 6.45) is 2.85. The molecule has 5 heteroatoms. The Morgan fingerprint density at radius 2 is 2.08 bits per heavy atom. The minimum atomic E-state index is -0.675. The van der Waals surface area contributed by atoms with Crippen LogP contribution in [-0.2, 0) is 9.53 Å². The first-order valence-electron chi connectivity index (χ1n) is 4.46. The first kappa shape index (κ1) is 12.3. The van der Waals surface area contributed by atoms with Crippen LogP contribution in [-0.4, -0.2) is 30.5 Å². The van der Waals surface area contributed by atoms with Gasteiger partial charge in [-0.3, -0.25) is 5.73 Å². The molecule has 0 amide bonds. The van der Waals surface area contributed by atoms with Crippen LogP contribution in [0, 0.1) is 0 Å². The first-order chi connectivity index (χ1) is 6.20. The molecular weight excluding hydrogens is 172 g/mol. The molecule has 78 valence electrons. The summed E-state index contributed by atoms with van der Waals surface area (Å²) in [5.41, 5.74) is 10.7. The molecule has 0 aliphatic heterocycles. The number of ether oxygens (including phenoxy) is 1. The molecular formula is C8H18N2O3. The molecule has 0 heterocycles. The fourth-order valence-electron chi connectivity index (χ4n) is 0.932. The second-order valence-electron chi connectivity index (χ2n) is 2.82. The van der Waals surface area contributed by atoms with E-state index in [1.54, 1.807) is 0 Å². The number of nitrogens with two attached hydrogens (primary N) is 2. The zero-order valence-corrected chi connectivity index (χ0v) is 7.74. The second kappa shape index (κ2) is 7.97. The van der Waals surface area contributed by atoms with Gasteiger partial charge in [-0.15, -0.1) is 0 Å². The van der Waals surface area contributed by atoms with E-state index in [1.807, 2.05) is 0 Å². The number of aliphatic hydroxyl groups excluding tert-OH is 1. The van der Waals surface area contributed by atoms with E-state index in [2.05, 4.69) is 4.74 Å². The van der Waals surface area contributed by atoms with E-state index >= 15 is 0 Å². The number of unbranched alkanes of at least 4 members (excludes halogenated alkanes) is 2. The van der Waals surface area contributed by atoms with Crippen LogP contribution in [0.25, 0.3) is 0 Å². The molecule has 0 aromatic carbocycles. The second-order valence-corrected chi connectivity index (χ2v) is 2.82. The lowest BCUT2D eigenvalue weighted by Gasteiger charge is -2.11. The molecule has 0 radical (unpaired) electrons. The van der Waals surface area contributed by atoms with E-state index in [9.17, 15) is 4.79 Å². The van der Waals surface area contributed by atoms with Gasteiger partial charge < -0.3 is 15.6 Å². The number of carbonyl (C=O) groups excluding carboxylic acids is 1. The van der Waals surface area contributed by atoms with Gasteiger partial charge in [-0.2, -0.15) is 0 Å².